The van der Waals surface area contributed by atoms with E-state index in [1.54, 1.807) is 0 Å². The number of hydrogen-bond donors (Lipinski definition) is 1. The van der Waals surface area contributed by atoms with Crippen molar-refractivity contribution in [3.8, 4) is 0 Å². The predicted octanol–water partition coefficient (Wildman–Crippen LogP) is 5.39. The molecule has 0 saturated heterocycles. The highest BCUT2D eigenvalue weighted by Crippen LogP contribution is 2.31. The quantitative estimate of drug-likeness (QED) is 0.708. The van der Waals surface area contributed by atoms with Gasteiger partial charge >= 0.3 is 0 Å². The van der Waals surface area contributed by atoms with Gasteiger partial charge in [-0.2, -0.15) is 0 Å². The van der Waals surface area contributed by atoms with E-state index in [0.717, 1.165) is 27.7 Å². The Hall–Kier alpha value is -0.970. The minimum absolute atomic E-state index is 0.209. The maximum absolute atomic E-state index is 13.6. The number of rotatable bonds is 4. The van der Waals surface area contributed by atoms with Crippen LogP contribution >= 0.6 is 27.5 Å². The van der Waals surface area contributed by atoms with Crippen LogP contribution < -0.4 is 5.32 Å². The fourth-order valence-corrected chi connectivity index (χ4v) is 2.72. The molecule has 2 aromatic rings. The molecule has 2 aromatic carbocycles. The van der Waals surface area contributed by atoms with Crippen molar-refractivity contribution >= 4 is 27.5 Å². The third kappa shape index (κ3) is 3.62. The lowest BCUT2D eigenvalue weighted by Gasteiger charge is -2.21. The van der Waals surface area contributed by atoms with Gasteiger partial charge in [0.25, 0.3) is 0 Å². The van der Waals surface area contributed by atoms with Gasteiger partial charge in [-0.3, -0.25) is 0 Å². The van der Waals surface area contributed by atoms with E-state index in [9.17, 15) is 8.78 Å². The molecule has 21 heavy (non-hydrogen) atoms. The maximum atomic E-state index is 13.6. The van der Waals surface area contributed by atoms with E-state index < -0.39 is 11.6 Å². The minimum atomic E-state index is -0.939. The van der Waals surface area contributed by atoms with Crippen molar-refractivity contribution < 1.29 is 8.78 Å². The van der Waals surface area contributed by atoms with Gasteiger partial charge in [-0.15, -0.1) is 0 Å². The van der Waals surface area contributed by atoms with Crippen LogP contribution in [0.2, 0.25) is 5.02 Å². The van der Waals surface area contributed by atoms with E-state index in [4.69, 9.17) is 11.6 Å². The lowest BCUT2D eigenvalue weighted by molar-refractivity contribution is 0.504. The summed E-state index contributed by atoms with van der Waals surface area (Å²) in [6.45, 7) is 4.60. The number of halogens is 4. The van der Waals surface area contributed by atoms with E-state index in [-0.39, 0.29) is 11.1 Å². The van der Waals surface area contributed by atoms with Gasteiger partial charge in [-0.1, -0.05) is 46.6 Å². The topological polar surface area (TPSA) is 12.0 Å². The summed E-state index contributed by atoms with van der Waals surface area (Å²) in [5, 5.41) is 3.47. The zero-order valence-corrected chi connectivity index (χ0v) is 14.0. The molecule has 0 aliphatic heterocycles. The summed E-state index contributed by atoms with van der Waals surface area (Å²) in [6.07, 6.45) is 0. The van der Waals surface area contributed by atoms with Gasteiger partial charge in [0.1, 0.15) is 0 Å². The molecule has 1 nitrogen and oxygen atoms in total. The number of hydrogen-bond acceptors (Lipinski definition) is 1. The predicted molar refractivity (Wildman–Crippen MR) is 85.8 cm³/mol. The van der Waals surface area contributed by atoms with E-state index in [0.29, 0.717) is 12.1 Å². The molecule has 112 valence electrons. The van der Waals surface area contributed by atoms with E-state index in [1.165, 1.54) is 0 Å². The van der Waals surface area contributed by atoms with Crippen LogP contribution in [0.1, 0.15) is 29.7 Å². The van der Waals surface area contributed by atoms with Crippen LogP contribution in [0, 0.1) is 18.6 Å². The van der Waals surface area contributed by atoms with Gasteiger partial charge in [-0.25, -0.2) is 8.78 Å². The summed E-state index contributed by atoms with van der Waals surface area (Å²) < 4.78 is 27.8. The Morgan fingerprint density at radius 2 is 1.86 bits per heavy atom. The highest BCUT2D eigenvalue weighted by molar-refractivity contribution is 9.10. The molecule has 0 aliphatic rings. The molecule has 0 aromatic heterocycles. The van der Waals surface area contributed by atoms with Crippen molar-refractivity contribution in [1.82, 2.24) is 5.32 Å². The van der Waals surface area contributed by atoms with E-state index in [2.05, 4.69) is 21.2 Å². The third-order valence-electron chi connectivity index (χ3n) is 3.27. The average molecular weight is 375 g/mol. The Kier molecular flexibility index (Phi) is 5.36. The molecular weight excluding hydrogens is 360 g/mol. The van der Waals surface area contributed by atoms with E-state index in [1.807, 2.05) is 32.0 Å². The van der Waals surface area contributed by atoms with Crippen molar-refractivity contribution in [3.63, 3.8) is 0 Å². The lowest BCUT2D eigenvalue weighted by Crippen LogP contribution is -2.22. The van der Waals surface area contributed by atoms with Gasteiger partial charge in [0.15, 0.2) is 11.6 Å². The molecule has 0 amide bonds. The SMILES string of the molecule is CCNC(c1ccc(Br)c(C)c1)c1cc(F)c(F)cc1Cl. The molecule has 2 rings (SSSR count). The molecule has 0 fully saturated rings. The summed E-state index contributed by atoms with van der Waals surface area (Å²) in [4.78, 5) is 0. The van der Waals surface area contributed by atoms with Crippen molar-refractivity contribution in [3.05, 3.63) is 68.2 Å². The second-order valence-electron chi connectivity index (χ2n) is 4.79. The number of nitrogens with one attached hydrogen (secondary N) is 1. The first-order chi connectivity index (χ1) is 9.93. The lowest BCUT2D eigenvalue weighted by atomic mass is 9.97. The molecule has 1 N–H and O–H groups in total. The summed E-state index contributed by atoms with van der Waals surface area (Å²) in [6, 6.07) is 7.74. The molecule has 0 heterocycles. The minimum Gasteiger partial charge on any atom is -0.306 e. The molecular formula is C16H15BrClF2N. The monoisotopic (exact) mass is 373 g/mol. The van der Waals surface area contributed by atoms with Gasteiger partial charge < -0.3 is 5.32 Å². The first-order valence-corrected chi connectivity index (χ1v) is 7.75. The summed E-state index contributed by atoms with van der Waals surface area (Å²) >= 11 is 9.55. The van der Waals surface area contributed by atoms with Crippen LogP contribution in [0.25, 0.3) is 0 Å². The van der Waals surface area contributed by atoms with Crippen molar-refractivity contribution in [1.29, 1.82) is 0 Å². The first-order valence-electron chi connectivity index (χ1n) is 6.58. The standard InChI is InChI=1S/C16H15BrClF2N/c1-3-21-16(10-4-5-12(17)9(2)6-10)11-7-14(19)15(20)8-13(11)18/h4-8,16,21H,3H2,1-2H3. The Morgan fingerprint density at radius 1 is 1.19 bits per heavy atom. The van der Waals surface area contributed by atoms with Crippen LogP contribution in [-0.4, -0.2) is 6.54 Å². The zero-order valence-electron chi connectivity index (χ0n) is 11.7. The van der Waals surface area contributed by atoms with Gasteiger partial charge in [0.2, 0.25) is 0 Å². The summed E-state index contributed by atoms with van der Waals surface area (Å²) in [5.41, 5.74) is 2.54. The zero-order chi connectivity index (χ0) is 15.6. The van der Waals surface area contributed by atoms with Crippen LogP contribution in [0.5, 0.6) is 0 Å². The van der Waals surface area contributed by atoms with E-state index >= 15 is 0 Å². The fraction of sp³-hybridized carbons (Fsp3) is 0.250. The largest absolute Gasteiger partial charge is 0.306 e. The second kappa shape index (κ2) is 6.86. The van der Waals surface area contributed by atoms with Gasteiger partial charge in [0, 0.05) is 9.50 Å². The molecule has 0 spiro atoms. The summed E-state index contributed by atoms with van der Waals surface area (Å²) in [5.74, 6) is -1.84. The number of benzene rings is 2. The molecule has 0 bridgehead atoms. The highest BCUT2D eigenvalue weighted by Gasteiger charge is 2.19. The molecule has 0 aliphatic carbocycles. The normalized spacial score (nSPS) is 12.5. The van der Waals surface area contributed by atoms with Crippen LogP contribution in [0.15, 0.2) is 34.8 Å². The van der Waals surface area contributed by atoms with Crippen molar-refractivity contribution in [2.24, 2.45) is 0 Å². The Balaban J connectivity index is 2.52. The van der Waals surface area contributed by atoms with Gasteiger partial charge in [-0.05, 0) is 48.4 Å². The smallest absolute Gasteiger partial charge is 0.160 e. The van der Waals surface area contributed by atoms with Gasteiger partial charge in [0.05, 0.1) is 6.04 Å². The Labute approximate surface area is 136 Å². The van der Waals surface area contributed by atoms with Crippen LogP contribution in [-0.2, 0) is 0 Å². The molecule has 1 atom stereocenters. The Morgan fingerprint density at radius 3 is 2.48 bits per heavy atom. The Bertz CT molecular complexity index is 661. The fourth-order valence-electron chi connectivity index (χ4n) is 2.22. The second-order valence-corrected chi connectivity index (χ2v) is 6.05. The maximum Gasteiger partial charge on any atom is 0.160 e. The highest BCUT2D eigenvalue weighted by atomic mass is 79.9. The van der Waals surface area contributed by atoms with Crippen LogP contribution in [0.3, 0.4) is 0 Å². The van der Waals surface area contributed by atoms with Crippen molar-refractivity contribution in [2.45, 2.75) is 19.9 Å². The van der Waals surface area contributed by atoms with Crippen molar-refractivity contribution in [2.75, 3.05) is 6.54 Å². The first kappa shape index (κ1) is 16.4. The molecule has 0 radical (unpaired) electrons. The molecule has 1 unspecified atom stereocenters. The van der Waals surface area contributed by atoms with Crippen LogP contribution in [0.4, 0.5) is 8.78 Å². The summed E-state index contributed by atoms with van der Waals surface area (Å²) in [7, 11) is 0. The third-order valence-corrected chi connectivity index (χ3v) is 4.49. The molecule has 0 saturated carbocycles. The number of aryl methyl sites for hydroxylation is 1. The molecule has 5 heteroatoms. The average Bonchev–Trinajstić information content (AvgIpc) is 2.44.